The zero-order valence-electron chi connectivity index (χ0n) is 12.4. The first-order valence-corrected chi connectivity index (χ1v) is 7.14. The van der Waals surface area contributed by atoms with E-state index in [9.17, 15) is 4.79 Å². The summed E-state index contributed by atoms with van der Waals surface area (Å²) in [4.78, 5) is 19.8. The maximum Gasteiger partial charge on any atom is 0.229 e. The molecule has 0 aliphatic heterocycles. The van der Waals surface area contributed by atoms with Crippen LogP contribution >= 0.6 is 0 Å². The van der Waals surface area contributed by atoms with Crippen LogP contribution in [0.15, 0.2) is 36.5 Å². The number of carbonyl (C=O) groups is 1. The molecular formula is C16H20N4O. The van der Waals surface area contributed by atoms with E-state index in [-0.39, 0.29) is 5.78 Å². The Balaban J connectivity index is 2.01. The Morgan fingerprint density at radius 1 is 1.19 bits per heavy atom. The van der Waals surface area contributed by atoms with Crippen molar-refractivity contribution in [3.8, 4) is 0 Å². The molecule has 0 fully saturated rings. The van der Waals surface area contributed by atoms with Crippen molar-refractivity contribution in [1.82, 2.24) is 9.97 Å². The van der Waals surface area contributed by atoms with Gasteiger partial charge >= 0.3 is 0 Å². The molecule has 21 heavy (non-hydrogen) atoms. The Bertz CT molecular complexity index is 595. The van der Waals surface area contributed by atoms with Gasteiger partial charge in [-0.1, -0.05) is 13.3 Å². The highest BCUT2D eigenvalue weighted by Crippen LogP contribution is 2.15. The third kappa shape index (κ3) is 4.56. The van der Waals surface area contributed by atoms with Gasteiger partial charge in [-0.3, -0.25) is 4.79 Å². The second-order valence-corrected chi connectivity index (χ2v) is 4.80. The van der Waals surface area contributed by atoms with Crippen molar-refractivity contribution in [2.75, 3.05) is 17.2 Å². The number of Topliss-reactive ketones (excluding diaryl/α,β-unsaturated/α-hetero) is 1. The number of carbonyl (C=O) groups excluding carboxylic acids is 1. The molecule has 5 heteroatoms. The highest BCUT2D eigenvalue weighted by Gasteiger charge is 2.02. The average molecular weight is 284 g/mol. The number of benzene rings is 1. The van der Waals surface area contributed by atoms with Crippen molar-refractivity contribution in [2.45, 2.75) is 26.7 Å². The fourth-order valence-corrected chi connectivity index (χ4v) is 1.83. The lowest BCUT2D eigenvalue weighted by Crippen LogP contribution is -2.05. The molecule has 110 valence electrons. The van der Waals surface area contributed by atoms with Gasteiger partial charge in [0.25, 0.3) is 0 Å². The van der Waals surface area contributed by atoms with Crippen LogP contribution in [0.1, 0.15) is 37.0 Å². The molecule has 1 heterocycles. The molecule has 0 amide bonds. The van der Waals surface area contributed by atoms with E-state index in [0.717, 1.165) is 30.9 Å². The van der Waals surface area contributed by atoms with Gasteiger partial charge in [-0.2, -0.15) is 4.98 Å². The monoisotopic (exact) mass is 284 g/mol. The first-order valence-electron chi connectivity index (χ1n) is 7.14. The molecular weight excluding hydrogens is 264 g/mol. The smallest absolute Gasteiger partial charge is 0.229 e. The standard InChI is InChI=1S/C16H20N4O/c1-3-4-10-17-15-9-11-18-16(20-15)19-14-7-5-13(6-8-14)12(2)21/h5-9,11H,3-4,10H2,1-2H3,(H2,17,18,19,20). The van der Waals surface area contributed by atoms with Crippen molar-refractivity contribution >= 4 is 23.2 Å². The number of hydrogen-bond acceptors (Lipinski definition) is 5. The van der Waals surface area contributed by atoms with E-state index in [1.807, 2.05) is 18.2 Å². The summed E-state index contributed by atoms with van der Waals surface area (Å²) in [5.41, 5.74) is 1.54. The molecule has 0 saturated heterocycles. The van der Waals surface area contributed by atoms with Crippen molar-refractivity contribution in [2.24, 2.45) is 0 Å². The van der Waals surface area contributed by atoms with Crippen LogP contribution in [0, 0.1) is 0 Å². The summed E-state index contributed by atoms with van der Waals surface area (Å²) >= 11 is 0. The Kier molecular flexibility index (Phi) is 5.26. The SMILES string of the molecule is CCCCNc1ccnc(Nc2ccc(C(C)=O)cc2)n1. The molecule has 0 bridgehead atoms. The quantitative estimate of drug-likeness (QED) is 0.600. The van der Waals surface area contributed by atoms with Gasteiger partial charge in [0.1, 0.15) is 5.82 Å². The zero-order chi connectivity index (χ0) is 15.1. The van der Waals surface area contributed by atoms with Crippen LogP contribution in [0.2, 0.25) is 0 Å². The molecule has 2 aromatic rings. The molecule has 0 unspecified atom stereocenters. The molecule has 0 spiro atoms. The fourth-order valence-electron chi connectivity index (χ4n) is 1.83. The van der Waals surface area contributed by atoms with Gasteiger partial charge < -0.3 is 10.6 Å². The van der Waals surface area contributed by atoms with Crippen LogP contribution in [-0.4, -0.2) is 22.3 Å². The van der Waals surface area contributed by atoms with Gasteiger partial charge in [0.05, 0.1) is 0 Å². The Hall–Kier alpha value is -2.43. The second kappa shape index (κ2) is 7.38. The predicted octanol–water partition coefficient (Wildman–Crippen LogP) is 3.63. The molecule has 0 radical (unpaired) electrons. The number of unbranched alkanes of at least 4 members (excludes halogenated alkanes) is 1. The van der Waals surface area contributed by atoms with Crippen molar-refractivity contribution in [1.29, 1.82) is 0 Å². The van der Waals surface area contributed by atoms with E-state index in [1.54, 1.807) is 25.3 Å². The summed E-state index contributed by atoms with van der Waals surface area (Å²) in [6.45, 7) is 4.61. The van der Waals surface area contributed by atoms with Gasteiger partial charge in [-0.25, -0.2) is 4.98 Å². The van der Waals surface area contributed by atoms with Gasteiger partial charge in [-0.05, 0) is 43.7 Å². The topological polar surface area (TPSA) is 66.9 Å². The molecule has 0 atom stereocenters. The maximum absolute atomic E-state index is 11.2. The van der Waals surface area contributed by atoms with Crippen LogP contribution in [0.5, 0.6) is 0 Å². The lowest BCUT2D eigenvalue weighted by molar-refractivity contribution is 0.101. The molecule has 0 aliphatic rings. The Labute approximate surface area is 124 Å². The Morgan fingerprint density at radius 2 is 1.95 bits per heavy atom. The zero-order valence-corrected chi connectivity index (χ0v) is 12.4. The van der Waals surface area contributed by atoms with Gasteiger partial charge in [-0.15, -0.1) is 0 Å². The molecule has 1 aromatic heterocycles. The van der Waals surface area contributed by atoms with Crippen molar-refractivity contribution < 1.29 is 4.79 Å². The maximum atomic E-state index is 11.2. The third-order valence-corrected chi connectivity index (χ3v) is 3.04. The second-order valence-electron chi connectivity index (χ2n) is 4.80. The average Bonchev–Trinajstić information content (AvgIpc) is 2.48. The van der Waals surface area contributed by atoms with E-state index in [0.29, 0.717) is 11.5 Å². The van der Waals surface area contributed by atoms with Crippen LogP contribution in [0.3, 0.4) is 0 Å². The number of nitrogens with one attached hydrogen (secondary N) is 2. The van der Waals surface area contributed by atoms with E-state index >= 15 is 0 Å². The van der Waals surface area contributed by atoms with E-state index < -0.39 is 0 Å². The lowest BCUT2D eigenvalue weighted by Gasteiger charge is -2.08. The van der Waals surface area contributed by atoms with E-state index in [4.69, 9.17) is 0 Å². The summed E-state index contributed by atoms with van der Waals surface area (Å²) in [7, 11) is 0. The molecule has 0 saturated carbocycles. The van der Waals surface area contributed by atoms with Crippen LogP contribution in [-0.2, 0) is 0 Å². The van der Waals surface area contributed by atoms with E-state index in [1.165, 1.54) is 0 Å². The number of nitrogens with zero attached hydrogens (tertiary/aromatic N) is 2. The summed E-state index contributed by atoms with van der Waals surface area (Å²) in [6, 6.07) is 9.11. The van der Waals surface area contributed by atoms with Crippen LogP contribution < -0.4 is 10.6 Å². The van der Waals surface area contributed by atoms with Gasteiger partial charge in [0, 0.05) is 24.0 Å². The number of aromatic nitrogens is 2. The summed E-state index contributed by atoms with van der Waals surface area (Å²) in [5, 5.41) is 6.39. The van der Waals surface area contributed by atoms with Crippen molar-refractivity contribution in [3.63, 3.8) is 0 Å². The predicted molar refractivity (Wildman–Crippen MR) is 85.2 cm³/mol. The van der Waals surface area contributed by atoms with Crippen LogP contribution in [0.25, 0.3) is 0 Å². The summed E-state index contributed by atoms with van der Waals surface area (Å²) in [5.74, 6) is 1.40. The van der Waals surface area contributed by atoms with Crippen molar-refractivity contribution in [3.05, 3.63) is 42.1 Å². The summed E-state index contributed by atoms with van der Waals surface area (Å²) in [6.07, 6.45) is 3.97. The summed E-state index contributed by atoms with van der Waals surface area (Å²) < 4.78 is 0. The molecule has 5 nitrogen and oxygen atoms in total. The minimum absolute atomic E-state index is 0.0555. The van der Waals surface area contributed by atoms with Crippen LogP contribution in [0.4, 0.5) is 17.5 Å². The van der Waals surface area contributed by atoms with Gasteiger partial charge in [0.15, 0.2) is 5.78 Å². The lowest BCUT2D eigenvalue weighted by atomic mass is 10.1. The molecule has 2 rings (SSSR count). The minimum atomic E-state index is 0.0555. The number of rotatable bonds is 7. The molecule has 0 aliphatic carbocycles. The van der Waals surface area contributed by atoms with E-state index in [2.05, 4.69) is 27.5 Å². The third-order valence-electron chi connectivity index (χ3n) is 3.04. The number of ketones is 1. The fraction of sp³-hybridized carbons (Fsp3) is 0.312. The first kappa shape index (κ1) is 15.0. The highest BCUT2D eigenvalue weighted by atomic mass is 16.1. The minimum Gasteiger partial charge on any atom is -0.370 e. The largest absolute Gasteiger partial charge is 0.370 e. The first-order chi connectivity index (χ1) is 10.2. The number of hydrogen-bond donors (Lipinski definition) is 2. The molecule has 2 N–H and O–H groups in total. The van der Waals surface area contributed by atoms with Gasteiger partial charge in [0.2, 0.25) is 5.95 Å². The Morgan fingerprint density at radius 3 is 2.62 bits per heavy atom. The molecule has 1 aromatic carbocycles. The normalized spacial score (nSPS) is 10.2. The highest BCUT2D eigenvalue weighted by molar-refractivity contribution is 5.94. The number of anilines is 3.